The van der Waals surface area contributed by atoms with Crippen molar-refractivity contribution in [2.24, 2.45) is 4.99 Å². The van der Waals surface area contributed by atoms with E-state index in [9.17, 15) is 4.79 Å². The molecular formula is C17H13NO3. The molecule has 1 heterocycles. The molecule has 0 radical (unpaired) electrons. The van der Waals surface area contributed by atoms with Gasteiger partial charge >= 0.3 is 5.97 Å². The van der Waals surface area contributed by atoms with E-state index in [2.05, 4.69) is 11.6 Å². The maximum Gasteiger partial charge on any atom is 0.363 e. The molecule has 0 fully saturated rings. The first-order valence-corrected chi connectivity index (χ1v) is 6.49. The molecule has 4 nitrogen and oxygen atoms in total. The van der Waals surface area contributed by atoms with Crippen LogP contribution in [0.5, 0.6) is 5.75 Å². The van der Waals surface area contributed by atoms with Crippen molar-refractivity contribution in [3.8, 4) is 5.75 Å². The molecule has 0 N–H and O–H groups in total. The van der Waals surface area contributed by atoms with Gasteiger partial charge in [-0.1, -0.05) is 36.9 Å². The highest BCUT2D eigenvalue weighted by Gasteiger charge is 2.21. The third-order valence-electron chi connectivity index (χ3n) is 3.01. The van der Waals surface area contributed by atoms with Gasteiger partial charge in [0.2, 0.25) is 5.90 Å². The number of carbonyl (C=O) groups is 1. The van der Waals surface area contributed by atoms with E-state index in [1.54, 1.807) is 12.1 Å². The second kappa shape index (κ2) is 5.63. The fourth-order valence-electron chi connectivity index (χ4n) is 1.90. The van der Waals surface area contributed by atoms with Crippen LogP contribution in [-0.4, -0.2) is 11.9 Å². The van der Waals surface area contributed by atoms with Gasteiger partial charge in [-0.3, -0.25) is 0 Å². The normalized spacial score (nSPS) is 13.8. The molecule has 0 saturated heterocycles. The standard InChI is InChI=1S/C17H13NO3/c1-12-17(19)21-16(18-12)14-7-9-15(10-8-14)20-11-13-5-3-2-4-6-13/h2-10H,1,11H2. The molecule has 0 saturated carbocycles. The molecule has 1 aliphatic heterocycles. The summed E-state index contributed by atoms with van der Waals surface area (Å²) < 4.78 is 10.7. The molecule has 104 valence electrons. The zero-order valence-corrected chi connectivity index (χ0v) is 11.3. The van der Waals surface area contributed by atoms with Crippen molar-refractivity contribution >= 4 is 11.9 Å². The van der Waals surface area contributed by atoms with Crippen LogP contribution in [-0.2, 0) is 16.1 Å². The molecule has 0 bridgehead atoms. The average molecular weight is 279 g/mol. The molecule has 3 rings (SSSR count). The lowest BCUT2D eigenvalue weighted by Gasteiger charge is -2.07. The van der Waals surface area contributed by atoms with Gasteiger partial charge in [0.05, 0.1) is 0 Å². The summed E-state index contributed by atoms with van der Waals surface area (Å²) in [5, 5.41) is 0. The summed E-state index contributed by atoms with van der Waals surface area (Å²) in [7, 11) is 0. The van der Waals surface area contributed by atoms with E-state index >= 15 is 0 Å². The van der Waals surface area contributed by atoms with E-state index in [1.807, 2.05) is 42.5 Å². The number of hydrogen-bond donors (Lipinski definition) is 0. The number of rotatable bonds is 4. The van der Waals surface area contributed by atoms with Crippen LogP contribution < -0.4 is 4.74 Å². The van der Waals surface area contributed by atoms with Gasteiger partial charge in [0, 0.05) is 5.56 Å². The van der Waals surface area contributed by atoms with Gasteiger partial charge in [0.1, 0.15) is 18.1 Å². The number of nitrogens with zero attached hydrogens (tertiary/aromatic N) is 1. The van der Waals surface area contributed by atoms with Crippen LogP contribution in [0, 0.1) is 0 Å². The number of cyclic esters (lactones) is 1. The van der Waals surface area contributed by atoms with Gasteiger partial charge < -0.3 is 9.47 Å². The first kappa shape index (κ1) is 13.1. The summed E-state index contributed by atoms with van der Waals surface area (Å²) in [6, 6.07) is 17.2. The predicted molar refractivity (Wildman–Crippen MR) is 79.0 cm³/mol. The largest absolute Gasteiger partial charge is 0.489 e. The number of aliphatic imine (C=N–C) groups is 1. The van der Waals surface area contributed by atoms with Crippen LogP contribution in [0.1, 0.15) is 11.1 Å². The minimum Gasteiger partial charge on any atom is -0.489 e. The van der Waals surface area contributed by atoms with Crippen LogP contribution >= 0.6 is 0 Å². The van der Waals surface area contributed by atoms with E-state index in [4.69, 9.17) is 9.47 Å². The van der Waals surface area contributed by atoms with Crippen LogP contribution in [0.25, 0.3) is 0 Å². The Morgan fingerprint density at radius 2 is 1.76 bits per heavy atom. The fourth-order valence-corrected chi connectivity index (χ4v) is 1.90. The van der Waals surface area contributed by atoms with Gasteiger partial charge in [-0.25, -0.2) is 9.79 Å². The van der Waals surface area contributed by atoms with Gasteiger partial charge in [-0.15, -0.1) is 0 Å². The number of benzene rings is 2. The lowest BCUT2D eigenvalue weighted by molar-refractivity contribution is -0.129. The van der Waals surface area contributed by atoms with Gasteiger partial charge in [0.25, 0.3) is 0 Å². The molecule has 2 aromatic carbocycles. The van der Waals surface area contributed by atoms with E-state index < -0.39 is 5.97 Å². The van der Waals surface area contributed by atoms with Crippen LogP contribution in [0.2, 0.25) is 0 Å². The fraction of sp³-hybridized carbons (Fsp3) is 0.0588. The molecule has 0 spiro atoms. The van der Waals surface area contributed by atoms with Gasteiger partial charge in [-0.2, -0.15) is 0 Å². The molecule has 0 aromatic heterocycles. The Labute approximate surface area is 122 Å². The second-order valence-corrected chi connectivity index (χ2v) is 4.55. The van der Waals surface area contributed by atoms with E-state index in [1.165, 1.54) is 0 Å². The number of ether oxygens (including phenoxy) is 2. The zero-order chi connectivity index (χ0) is 14.7. The lowest BCUT2D eigenvalue weighted by atomic mass is 10.2. The van der Waals surface area contributed by atoms with Crippen LogP contribution in [0.15, 0.2) is 71.9 Å². The summed E-state index contributed by atoms with van der Waals surface area (Å²) in [5.74, 6) is 0.514. The quantitative estimate of drug-likeness (QED) is 0.638. The van der Waals surface area contributed by atoms with E-state index in [-0.39, 0.29) is 11.6 Å². The summed E-state index contributed by atoms with van der Waals surface area (Å²) in [4.78, 5) is 15.2. The summed E-state index contributed by atoms with van der Waals surface area (Å²) in [6.45, 7) is 4.01. The average Bonchev–Trinajstić information content (AvgIpc) is 2.86. The molecule has 0 aliphatic carbocycles. The summed E-state index contributed by atoms with van der Waals surface area (Å²) >= 11 is 0. The molecule has 21 heavy (non-hydrogen) atoms. The van der Waals surface area contributed by atoms with Crippen molar-refractivity contribution in [3.63, 3.8) is 0 Å². The highest BCUT2D eigenvalue weighted by atomic mass is 16.6. The lowest BCUT2D eigenvalue weighted by Crippen LogP contribution is -2.05. The summed E-state index contributed by atoms with van der Waals surface area (Å²) in [5.41, 5.74) is 1.94. The maximum atomic E-state index is 11.2. The van der Waals surface area contributed by atoms with E-state index in [0.29, 0.717) is 12.2 Å². The highest BCUT2D eigenvalue weighted by molar-refractivity contribution is 6.10. The van der Waals surface area contributed by atoms with Crippen molar-refractivity contribution in [3.05, 3.63) is 78.0 Å². The van der Waals surface area contributed by atoms with Gasteiger partial charge in [-0.05, 0) is 29.8 Å². The Hall–Kier alpha value is -2.88. The van der Waals surface area contributed by atoms with Crippen molar-refractivity contribution in [2.75, 3.05) is 0 Å². The number of carbonyl (C=O) groups excluding carboxylic acids is 1. The molecule has 0 amide bonds. The molecule has 0 atom stereocenters. The van der Waals surface area contributed by atoms with Crippen LogP contribution in [0.4, 0.5) is 0 Å². The number of hydrogen-bond acceptors (Lipinski definition) is 4. The minimum atomic E-state index is -0.505. The smallest absolute Gasteiger partial charge is 0.363 e. The molecule has 1 aliphatic rings. The SMILES string of the molecule is C=C1N=C(c2ccc(OCc3ccccc3)cc2)OC1=O. The Kier molecular flexibility index (Phi) is 3.51. The third kappa shape index (κ3) is 3.00. The monoisotopic (exact) mass is 279 g/mol. The Bertz CT molecular complexity index is 703. The van der Waals surface area contributed by atoms with Crippen molar-refractivity contribution in [1.29, 1.82) is 0 Å². The Morgan fingerprint density at radius 3 is 2.38 bits per heavy atom. The maximum absolute atomic E-state index is 11.2. The van der Waals surface area contributed by atoms with E-state index in [0.717, 1.165) is 11.3 Å². The van der Waals surface area contributed by atoms with Crippen molar-refractivity contribution in [2.45, 2.75) is 6.61 Å². The second-order valence-electron chi connectivity index (χ2n) is 4.55. The predicted octanol–water partition coefficient (Wildman–Crippen LogP) is 3.08. The van der Waals surface area contributed by atoms with Crippen molar-refractivity contribution in [1.82, 2.24) is 0 Å². The Morgan fingerprint density at radius 1 is 1.05 bits per heavy atom. The van der Waals surface area contributed by atoms with Gasteiger partial charge in [0.15, 0.2) is 0 Å². The summed E-state index contributed by atoms with van der Waals surface area (Å²) in [6.07, 6.45) is 0. The topological polar surface area (TPSA) is 47.9 Å². The first-order chi connectivity index (χ1) is 10.2. The van der Waals surface area contributed by atoms with Crippen molar-refractivity contribution < 1.29 is 14.3 Å². The first-order valence-electron chi connectivity index (χ1n) is 6.49. The molecule has 4 heteroatoms. The molecule has 0 unspecified atom stereocenters. The zero-order valence-electron chi connectivity index (χ0n) is 11.3. The Balaban J connectivity index is 1.66. The number of esters is 1. The minimum absolute atomic E-state index is 0.120. The highest BCUT2D eigenvalue weighted by Crippen LogP contribution is 2.18. The molecule has 2 aromatic rings. The van der Waals surface area contributed by atoms with Crippen LogP contribution in [0.3, 0.4) is 0 Å². The third-order valence-corrected chi connectivity index (χ3v) is 3.01. The molecular weight excluding hydrogens is 266 g/mol.